The quantitative estimate of drug-likeness (QED) is 0.0933. The molecule has 0 saturated carbocycles. The molecule has 12 heteroatoms. The number of hydrogen-bond donors (Lipinski definition) is 2. The molecule has 3 aromatic carbocycles. The van der Waals surface area contributed by atoms with Gasteiger partial charge in [-0.2, -0.15) is 13.2 Å². The molecule has 2 heterocycles. The number of pyridine rings is 1. The van der Waals surface area contributed by atoms with Crippen molar-refractivity contribution in [2.24, 2.45) is 0 Å². The van der Waals surface area contributed by atoms with E-state index >= 15 is 8.78 Å². The molecule has 254 valence electrons. The van der Waals surface area contributed by atoms with Crippen LogP contribution < -0.4 is 20.9 Å². The lowest BCUT2D eigenvalue weighted by Gasteiger charge is -2.28. The predicted molar refractivity (Wildman–Crippen MR) is 172 cm³/mol. The molecule has 1 aliphatic heterocycles. The average molecular weight is 670 g/mol. The van der Waals surface area contributed by atoms with Crippen molar-refractivity contribution in [3.05, 3.63) is 117 Å². The highest BCUT2D eigenvalue weighted by molar-refractivity contribution is 5.74. The lowest BCUT2D eigenvalue weighted by atomic mass is 9.91. The van der Waals surface area contributed by atoms with E-state index < -0.39 is 53.0 Å². The maximum atomic E-state index is 15.8. The smallest absolute Gasteiger partial charge is 0.416 e. The van der Waals surface area contributed by atoms with Crippen molar-refractivity contribution < 1.29 is 36.2 Å². The first-order chi connectivity index (χ1) is 23.0. The van der Waals surface area contributed by atoms with Crippen LogP contribution in [0.3, 0.4) is 0 Å². The van der Waals surface area contributed by atoms with E-state index in [4.69, 9.17) is 9.47 Å². The summed E-state index contributed by atoms with van der Waals surface area (Å²) in [6.07, 6.45) is -4.75. The summed E-state index contributed by atoms with van der Waals surface area (Å²) in [4.78, 5) is 26.5. The summed E-state index contributed by atoms with van der Waals surface area (Å²) in [5.41, 5.74) is -1.23. The van der Waals surface area contributed by atoms with Crippen molar-refractivity contribution in [3.8, 4) is 16.9 Å². The Morgan fingerprint density at radius 2 is 1.77 bits per heavy atom. The first-order valence-corrected chi connectivity index (χ1v) is 15.6. The first kappa shape index (κ1) is 34.6. The van der Waals surface area contributed by atoms with Gasteiger partial charge in [-0.3, -0.25) is 14.2 Å². The summed E-state index contributed by atoms with van der Waals surface area (Å²) in [7, 11) is 1.28. The molecule has 48 heavy (non-hydrogen) atoms. The number of rotatable bonds is 12. The molecular formula is C36H36F5N3O4. The number of benzene rings is 3. The third-order valence-electron chi connectivity index (χ3n) is 8.60. The van der Waals surface area contributed by atoms with Crippen LogP contribution in [0.2, 0.25) is 0 Å². The van der Waals surface area contributed by atoms with E-state index in [2.05, 4.69) is 10.6 Å². The molecule has 2 N–H and O–H groups in total. The second kappa shape index (κ2) is 14.6. The number of carbonyl (C=O) groups excluding carboxylic acids is 1. The number of alkyl halides is 3. The van der Waals surface area contributed by atoms with Gasteiger partial charge in [-0.1, -0.05) is 48.5 Å². The molecular weight excluding hydrogens is 633 g/mol. The van der Waals surface area contributed by atoms with Crippen molar-refractivity contribution in [2.75, 3.05) is 32.1 Å². The van der Waals surface area contributed by atoms with Crippen LogP contribution in [0.1, 0.15) is 59.7 Å². The van der Waals surface area contributed by atoms with E-state index in [0.717, 1.165) is 23.8 Å². The Labute approximate surface area is 274 Å². The summed E-state index contributed by atoms with van der Waals surface area (Å²) < 4.78 is 85.0. The van der Waals surface area contributed by atoms with Crippen LogP contribution in [0.5, 0.6) is 5.75 Å². The molecule has 0 amide bonds. The topological polar surface area (TPSA) is 81.6 Å². The van der Waals surface area contributed by atoms with Gasteiger partial charge in [0, 0.05) is 36.1 Å². The number of nitrogens with one attached hydrogen (secondary N) is 2. The van der Waals surface area contributed by atoms with Gasteiger partial charge in [-0.15, -0.1) is 0 Å². The number of anilines is 1. The number of methoxy groups -OCH3 is 1. The molecule has 0 aliphatic carbocycles. The normalized spacial score (nSPS) is 14.7. The largest absolute Gasteiger partial charge is 0.494 e. The number of halogens is 5. The second-order valence-electron chi connectivity index (χ2n) is 11.5. The maximum absolute atomic E-state index is 15.8. The minimum absolute atomic E-state index is 0.0714. The monoisotopic (exact) mass is 669 g/mol. The summed E-state index contributed by atoms with van der Waals surface area (Å²) >= 11 is 0. The summed E-state index contributed by atoms with van der Waals surface area (Å²) in [6, 6.07) is 15.2. The van der Waals surface area contributed by atoms with Gasteiger partial charge >= 0.3 is 12.1 Å². The van der Waals surface area contributed by atoms with Gasteiger partial charge in [0.25, 0.3) is 5.56 Å². The zero-order valence-electron chi connectivity index (χ0n) is 26.7. The molecule has 4 aromatic rings. The van der Waals surface area contributed by atoms with E-state index in [-0.39, 0.29) is 59.4 Å². The zero-order valence-corrected chi connectivity index (χ0v) is 26.7. The average Bonchev–Trinajstić information content (AvgIpc) is 3.49. The number of carbonyl (C=O) groups is 1. The summed E-state index contributed by atoms with van der Waals surface area (Å²) in [6.45, 7) is 4.07. The Bertz CT molecular complexity index is 1840. The van der Waals surface area contributed by atoms with Gasteiger partial charge in [0.2, 0.25) is 0 Å². The number of hydrogen-bond acceptors (Lipinski definition) is 6. The Balaban J connectivity index is 1.69. The highest BCUT2D eigenvalue weighted by Crippen LogP contribution is 2.41. The molecule has 7 nitrogen and oxygen atoms in total. The van der Waals surface area contributed by atoms with Crippen LogP contribution >= 0.6 is 0 Å². The third-order valence-corrected chi connectivity index (χ3v) is 8.60. The minimum atomic E-state index is -4.84. The Hall–Kier alpha value is -4.71. The Morgan fingerprint density at radius 1 is 1.04 bits per heavy atom. The third kappa shape index (κ3) is 6.94. The van der Waals surface area contributed by atoms with E-state index in [9.17, 15) is 22.8 Å². The van der Waals surface area contributed by atoms with Crippen LogP contribution in [0.4, 0.5) is 27.8 Å². The van der Waals surface area contributed by atoms with Gasteiger partial charge in [0.1, 0.15) is 11.6 Å². The number of fused-ring (bicyclic) bond motifs is 1. The van der Waals surface area contributed by atoms with E-state index in [1.807, 2.05) is 30.3 Å². The SMILES string of the molecule is CCOC(=O)CCCNC(c1ccccc1)C1CNc2c(Cc3c(F)cccc3C(F)(F)F)c(C)c(-c3cccc(OC)c3F)c(=O)n21. The minimum Gasteiger partial charge on any atom is -0.494 e. The Kier molecular flexibility index (Phi) is 10.5. The molecule has 1 aliphatic rings. The number of nitrogens with zero attached hydrogens (tertiary/aromatic N) is 1. The molecule has 0 radical (unpaired) electrons. The molecule has 0 saturated heterocycles. The van der Waals surface area contributed by atoms with Crippen molar-refractivity contribution in [1.82, 2.24) is 9.88 Å². The molecule has 0 spiro atoms. The van der Waals surface area contributed by atoms with Gasteiger partial charge in [-0.25, -0.2) is 8.78 Å². The van der Waals surface area contributed by atoms with Gasteiger partial charge in [-0.05, 0) is 56.1 Å². The first-order valence-electron chi connectivity index (χ1n) is 15.6. The molecule has 0 bridgehead atoms. The van der Waals surface area contributed by atoms with Crippen molar-refractivity contribution in [2.45, 2.75) is 51.4 Å². The fourth-order valence-corrected chi connectivity index (χ4v) is 6.36. The zero-order chi connectivity index (χ0) is 34.6. The fourth-order valence-electron chi connectivity index (χ4n) is 6.36. The summed E-state index contributed by atoms with van der Waals surface area (Å²) in [5, 5.41) is 6.66. The highest BCUT2D eigenvalue weighted by atomic mass is 19.4. The van der Waals surface area contributed by atoms with Crippen LogP contribution in [0.15, 0.2) is 71.5 Å². The van der Waals surface area contributed by atoms with Crippen molar-refractivity contribution >= 4 is 11.8 Å². The van der Waals surface area contributed by atoms with Crippen LogP contribution in [0, 0.1) is 18.6 Å². The van der Waals surface area contributed by atoms with Crippen molar-refractivity contribution in [3.63, 3.8) is 0 Å². The lowest BCUT2D eigenvalue weighted by Crippen LogP contribution is -2.36. The van der Waals surface area contributed by atoms with Gasteiger partial charge in [0.15, 0.2) is 11.6 Å². The molecule has 2 atom stereocenters. The van der Waals surface area contributed by atoms with Crippen molar-refractivity contribution in [1.29, 1.82) is 0 Å². The summed E-state index contributed by atoms with van der Waals surface area (Å²) in [5.74, 6) is -2.10. The molecule has 0 fully saturated rings. The lowest BCUT2D eigenvalue weighted by molar-refractivity contribution is -0.143. The van der Waals surface area contributed by atoms with Gasteiger partial charge < -0.3 is 20.1 Å². The van der Waals surface area contributed by atoms with E-state index in [1.165, 1.54) is 36.8 Å². The molecule has 5 rings (SSSR count). The van der Waals surface area contributed by atoms with Crippen LogP contribution in [-0.4, -0.2) is 37.3 Å². The fraction of sp³-hybridized carbons (Fsp3) is 0.333. The maximum Gasteiger partial charge on any atom is 0.416 e. The second-order valence-corrected chi connectivity index (χ2v) is 11.5. The standard InChI is InChI=1S/C36H36F5N3O4/c1-4-48-30(45)17-10-18-42-33(22-11-6-5-7-12-22)28-20-43-34-24(19-25-26(36(39,40)41)14-9-15-27(25)37)21(2)31(35(46)44(28)34)23-13-8-16-29(47-3)32(23)38/h5-9,11-16,28,33,42-43H,4,10,17-20H2,1-3H3. The van der Waals surface area contributed by atoms with Crippen LogP contribution in [-0.2, 0) is 22.1 Å². The number of aromatic nitrogens is 1. The highest BCUT2D eigenvalue weighted by Gasteiger charge is 2.38. The molecule has 1 aromatic heterocycles. The number of esters is 1. The predicted octanol–water partition coefficient (Wildman–Crippen LogP) is 7.36. The van der Waals surface area contributed by atoms with Gasteiger partial charge in [0.05, 0.1) is 36.9 Å². The Morgan fingerprint density at radius 3 is 2.46 bits per heavy atom. The van der Waals surface area contributed by atoms with E-state index in [0.29, 0.717) is 13.0 Å². The van der Waals surface area contributed by atoms with E-state index in [1.54, 1.807) is 6.92 Å². The van der Waals surface area contributed by atoms with Crippen LogP contribution in [0.25, 0.3) is 11.1 Å². The number of ether oxygens (including phenoxy) is 2. The molecule has 2 unspecified atom stereocenters.